The van der Waals surface area contributed by atoms with Crippen molar-refractivity contribution in [3.8, 4) is 0 Å². The van der Waals surface area contributed by atoms with E-state index in [1.807, 2.05) is 0 Å². The van der Waals surface area contributed by atoms with Gasteiger partial charge < -0.3 is 5.11 Å². The van der Waals surface area contributed by atoms with Crippen molar-refractivity contribution in [2.45, 2.75) is 96.8 Å². The van der Waals surface area contributed by atoms with E-state index in [4.69, 9.17) is 0 Å². The lowest BCUT2D eigenvalue weighted by molar-refractivity contribution is -0.208. The largest absolute Gasteiger partial charge is 0.393 e. The van der Waals surface area contributed by atoms with Crippen LogP contribution in [0.25, 0.3) is 0 Å². The van der Waals surface area contributed by atoms with E-state index in [0.717, 1.165) is 56.9 Å². The van der Waals surface area contributed by atoms with Crippen LogP contribution >= 0.6 is 0 Å². The van der Waals surface area contributed by atoms with Crippen LogP contribution in [0.4, 0.5) is 17.6 Å². The van der Waals surface area contributed by atoms with Crippen LogP contribution in [0.5, 0.6) is 0 Å². The number of rotatable bonds is 4. The highest BCUT2D eigenvalue weighted by atomic mass is 19.4. The first-order valence-electron chi connectivity index (χ1n) is 13.5. The fourth-order valence-electron chi connectivity index (χ4n) is 9.50. The Kier molecular flexibility index (Phi) is 6.35. The number of aryl methyl sites for hydroxylation is 1. The van der Waals surface area contributed by atoms with Crippen LogP contribution in [0.3, 0.4) is 0 Å². The highest BCUT2D eigenvalue weighted by molar-refractivity contribution is 5.17. The van der Waals surface area contributed by atoms with Crippen LogP contribution in [-0.4, -0.2) is 17.4 Å². The highest BCUT2D eigenvalue weighted by Gasteiger charge is 2.63. The van der Waals surface area contributed by atoms with Crippen LogP contribution < -0.4 is 0 Å². The Morgan fingerprint density at radius 1 is 0.912 bits per heavy atom. The second kappa shape index (κ2) is 8.78. The van der Waals surface area contributed by atoms with E-state index in [0.29, 0.717) is 36.5 Å². The zero-order chi connectivity index (χ0) is 24.3. The quantitative estimate of drug-likeness (QED) is 0.434. The van der Waals surface area contributed by atoms with Gasteiger partial charge in [-0.05, 0) is 129 Å². The molecule has 9 atom stereocenters. The van der Waals surface area contributed by atoms with E-state index < -0.39 is 12.1 Å². The lowest BCUT2D eigenvalue weighted by Gasteiger charge is -2.61. The molecule has 5 heteroatoms. The van der Waals surface area contributed by atoms with Gasteiger partial charge in [-0.15, -0.1) is 0 Å². The molecule has 0 amide bonds. The molecule has 0 spiro atoms. The Balaban J connectivity index is 1.35. The molecule has 4 fully saturated rings. The van der Waals surface area contributed by atoms with Crippen LogP contribution in [0.2, 0.25) is 0 Å². The maximum atomic E-state index is 14.4. The van der Waals surface area contributed by atoms with Gasteiger partial charge in [0.25, 0.3) is 0 Å². The zero-order valence-electron chi connectivity index (χ0n) is 20.6. The summed E-state index contributed by atoms with van der Waals surface area (Å²) in [6, 6.07) is 5.92. The summed E-state index contributed by atoms with van der Waals surface area (Å²) < 4.78 is 56.6. The first-order valence-corrected chi connectivity index (χ1v) is 13.5. The van der Waals surface area contributed by atoms with Gasteiger partial charge in [-0.3, -0.25) is 0 Å². The van der Waals surface area contributed by atoms with Gasteiger partial charge in [-0.2, -0.15) is 13.2 Å². The van der Waals surface area contributed by atoms with Gasteiger partial charge in [-0.25, -0.2) is 4.39 Å². The van der Waals surface area contributed by atoms with Crippen molar-refractivity contribution in [3.63, 3.8) is 0 Å². The van der Waals surface area contributed by atoms with Gasteiger partial charge in [0.15, 0.2) is 0 Å². The maximum Gasteiger partial charge on any atom is 0.392 e. The number of halogens is 4. The lowest BCUT2D eigenvalue weighted by Crippen LogP contribution is -2.54. The minimum atomic E-state index is -4.21. The van der Waals surface area contributed by atoms with E-state index in [1.165, 1.54) is 12.1 Å². The summed E-state index contributed by atoms with van der Waals surface area (Å²) in [7, 11) is 0. The fraction of sp³-hybridized carbons (Fsp3) is 0.793. The summed E-state index contributed by atoms with van der Waals surface area (Å²) in [4.78, 5) is 0. The number of hydrogen-bond acceptors (Lipinski definition) is 1. The van der Waals surface area contributed by atoms with E-state index in [2.05, 4.69) is 13.8 Å². The van der Waals surface area contributed by atoms with Gasteiger partial charge >= 0.3 is 6.18 Å². The number of benzene rings is 1. The molecule has 0 heterocycles. The van der Waals surface area contributed by atoms with Crippen LogP contribution in [0.15, 0.2) is 24.3 Å². The molecule has 0 bridgehead atoms. The van der Waals surface area contributed by atoms with E-state index in [-0.39, 0.29) is 35.1 Å². The van der Waals surface area contributed by atoms with Gasteiger partial charge in [0, 0.05) is 0 Å². The molecule has 4 aliphatic rings. The first kappa shape index (κ1) is 24.6. The zero-order valence-corrected chi connectivity index (χ0v) is 20.6. The normalized spacial score (nSPS) is 43.0. The first-order chi connectivity index (χ1) is 16.0. The molecule has 0 radical (unpaired) electrons. The average molecular weight is 481 g/mol. The summed E-state index contributed by atoms with van der Waals surface area (Å²) >= 11 is 0. The molecule has 4 aliphatic carbocycles. The van der Waals surface area contributed by atoms with E-state index >= 15 is 0 Å². The predicted octanol–water partition coefficient (Wildman–Crippen LogP) is 7.96. The van der Waals surface area contributed by atoms with E-state index in [9.17, 15) is 22.7 Å². The third-order valence-corrected chi connectivity index (χ3v) is 11.3. The van der Waals surface area contributed by atoms with Crippen molar-refractivity contribution in [1.82, 2.24) is 0 Å². The molecule has 5 rings (SSSR count). The molecule has 34 heavy (non-hydrogen) atoms. The van der Waals surface area contributed by atoms with Crippen LogP contribution in [0, 0.1) is 52.2 Å². The van der Waals surface area contributed by atoms with Gasteiger partial charge in [-0.1, -0.05) is 26.0 Å². The van der Waals surface area contributed by atoms with Gasteiger partial charge in [0.1, 0.15) is 5.82 Å². The molecular weight excluding hydrogens is 440 g/mol. The van der Waals surface area contributed by atoms with Crippen LogP contribution in [-0.2, 0) is 6.42 Å². The SMILES string of the molecule is CC12CCC(O)CC1CCC1C2CCC2(C)C1CCC2C(CCc1ccc(F)cc1)C(F)(F)F. The minimum absolute atomic E-state index is 0.0912. The number of aliphatic hydroxyl groups excluding tert-OH is 1. The molecule has 1 nitrogen and oxygen atoms in total. The molecule has 190 valence electrons. The lowest BCUT2D eigenvalue weighted by atomic mass is 9.44. The fourth-order valence-corrected chi connectivity index (χ4v) is 9.50. The number of aliphatic hydroxyl groups is 1. The highest BCUT2D eigenvalue weighted by Crippen LogP contribution is 2.69. The van der Waals surface area contributed by atoms with Crippen molar-refractivity contribution >= 4 is 0 Å². The number of hydrogen-bond donors (Lipinski definition) is 1. The Hall–Kier alpha value is -1.10. The molecule has 0 saturated heterocycles. The Morgan fingerprint density at radius 2 is 1.59 bits per heavy atom. The topological polar surface area (TPSA) is 20.2 Å². The Morgan fingerprint density at radius 3 is 2.29 bits per heavy atom. The van der Waals surface area contributed by atoms with E-state index in [1.54, 1.807) is 12.1 Å². The third-order valence-electron chi connectivity index (χ3n) is 11.3. The molecule has 1 aromatic rings. The van der Waals surface area contributed by atoms with Crippen molar-refractivity contribution < 1.29 is 22.7 Å². The van der Waals surface area contributed by atoms with Gasteiger partial charge in [0.2, 0.25) is 0 Å². The summed E-state index contributed by atoms with van der Waals surface area (Å²) in [5, 5.41) is 10.2. The van der Waals surface area contributed by atoms with Gasteiger partial charge in [0.05, 0.1) is 12.0 Å². The van der Waals surface area contributed by atoms with Crippen molar-refractivity contribution in [3.05, 3.63) is 35.6 Å². The third kappa shape index (κ3) is 4.12. The molecule has 1 aromatic carbocycles. The predicted molar refractivity (Wildman–Crippen MR) is 125 cm³/mol. The average Bonchev–Trinajstić information content (AvgIpc) is 3.12. The second-order valence-electron chi connectivity index (χ2n) is 12.6. The molecule has 0 aromatic heterocycles. The Bertz CT molecular complexity index is 866. The van der Waals surface area contributed by atoms with Crippen molar-refractivity contribution in [2.75, 3.05) is 0 Å². The second-order valence-corrected chi connectivity index (χ2v) is 12.6. The molecular formula is C29H40F4O. The molecule has 0 aliphatic heterocycles. The van der Waals surface area contributed by atoms with Crippen molar-refractivity contribution in [1.29, 1.82) is 0 Å². The summed E-state index contributed by atoms with van der Waals surface area (Å²) in [5.41, 5.74) is 0.777. The molecule has 1 N–H and O–H groups in total. The number of fused-ring (bicyclic) bond motifs is 5. The molecule has 4 saturated carbocycles. The summed E-state index contributed by atoms with van der Waals surface area (Å²) in [6.07, 6.45) is 4.69. The minimum Gasteiger partial charge on any atom is -0.393 e. The van der Waals surface area contributed by atoms with Crippen LogP contribution in [0.1, 0.15) is 83.6 Å². The standard InChI is InChI=1S/C29H40F4O/c1-27-15-13-21(34)17-19(27)6-9-22-23-11-12-25(28(23,2)16-14-24(22)27)26(29(31,32)33)10-5-18-3-7-20(30)8-4-18/h3-4,7-8,19,21-26,34H,5-6,9-17H2,1-2H3. The smallest absolute Gasteiger partial charge is 0.392 e. The maximum absolute atomic E-state index is 14.4. The summed E-state index contributed by atoms with van der Waals surface area (Å²) in [6.45, 7) is 4.61. The van der Waals surface area contributed by atoms with Crippen molar-refractivity contribution in [2.24, 2.45) is 46.3 Å². The molecule has 9 unspecified atom stereocenters. The monoisotopic (exact) mass is 480 g/mol. The summed E-state index contributed by atoms with van der Waals surface area (Å²) in [5.74, 6) is 0.118. The Labute approximate surface area is 201 Å². The number of alkyl halides is 3.